The summed E-state index contributed by atoms with van der Waals surface area (Å²) in [6.07, 6.45) is 2.69. The van der Waals surface area contributed by atoms with E-state index in [2.05, 4.69) is 25.7 Å². The molecule has 3 heteroatoms. The Labute approximate surface area is 127 Å². The van der Waals surface area contributed by atoms with Crippen molar-refractivity contribution in [1.29, 1.82) is 0 Å². The maximum Gasteiger partial charge on any atom is 0.253 e. The number of benzene rings is 1. The first-order valence-corrected chi connectivity index (χ1v) is 7.51. The smallest absolute Gasteiger partial charge is 0.253 e. The summed E-state index contributed by atoms with van der Waals surface area (Å²) in [5.41, 5.74) is 1.72. The summed E-state index contributed by atoms with van der Waals surface area (Å²) in [5.74, 6) is 5.96. The van der Waals surface area contributed by atoms with Crippen LogP contribution in [0, 0.1) is 17.3 Å². The molecule has 3 nitrogen and oxygen atoms in total. The lowest BCUT2D eigenvalue weighted by molar-refractivity contribution is 0.0583. The number of amides is 1. The topological polar surface area (TPSA) is 40.5 Å². The van der Waals surface area contributed by atoms with Gasteiger partial charge in [0.05, 0.1) is 6.61 Å². The molecule has 112 valence electrons. The average Bonchev–Trinajstić information content (AvgIpc) is 2.46. The monoisotopic (exact) mass is 285 g/mol. The maximum atomic E-state index is 12.6. The zero-order valence-corrected chi connectivity index (χ0v) is 12.9. The molecule has 1 aliphatic heterocycles. The molecule has 1 heterocycles. The molecule has 0 spiro atoms. The van der Waals surface area contributed by atoms with Crippen molar-refractivity contribution >= 4 is 5.91 Å². The SMILES string of the molecule is CC1(C)CCCN(C(=O)c2cccc(C#CCCO)c2)C1. The van der Waals surface area contributed by atoms with E-state index in [4.69, 9.17) is 5.11 Å². The molecule has 0 aromatic heterocycles. The van der Waals surface area contributed by atoms with Gasteiger partial charge < -0.3 is 10.0 Å². The fourth-order valence-corrected chi connectivity index (χ4v) is 2.73. The number of rotatable bonds is 2. The van der Waals surface area contributed by atoms with E-state index in [1.54, 1.807) is 0 Å². The van der Waals surface area contributed by atoms with E-state index < -0.39 is 0 Å². The summed E-state index contributed by atoms with van der Waals surface area (Å²) in [6.45, 7) is 6.13. The number of hydrogen-bond acceptors (Lipinski definition) is 2. The van der Waals surface area contributed by atoms with Crippen LogP contribution >= 0.6 is 0 Å². The predicted molar refractivity (Wildman–Crippen MR) is 83.9 cm³/mol. The number of carbonyl (C=O) groups excluding carboxylic acids is 1. The van der Waals surface area contributed by atoms with E-state index in [0.717, 1.165) is 25.1 Å². The van der Waals surface area contributed by atoms with Crippen LogP contribution in [-0.4, -0.2) is 35.6 Å². The molecule has 0 atom stereocenters. The Balaban J connectivity index is 2.12. The highest BCUT2D eigenvalue weighted by Crippen LogP contribution is 2.29. The van der Waals surface area contributed by atoms with Crippen LogP contribution in [0.4, 0.5) is 0 Å². The highest BCUT2D eigenvalue weighted by Gasteiger charge is 2.29. The first-order chi connectivity index (χ1) is 10.0. The largest absolute Gasteiger partial charge is 0.395 e. The van der Waals surface area contributed by atoms with Crippen molar-refractivity contribution < 1.29 is 9.90 Å². The third-order valence-corrected chi connectivity index (χ3v) is 3.77. The molecule has 1 aromatic rings. The lowest BCUT2D eigenvalue weighted by Crippen LogP contribution is -2.43. The fraction of sp³-hybridized carbons (Fsp3) is 0.500. The Kier molecular flexibility index (Phi) is 5.03. The Hall–Kier alpha value is -1.79. The fourth-order valence-electron chi connectivity index (χ4n) is 2.73. The maximum absolute atomic E-state index is 12.6. The van der Waals surface area contributed by atoms with Gasteiger partial charge in [-0.05, 0) is 36.5 Å². The van der Waals surface area contributed by atoms with Crippen molar-refractivity contribution in [2.75, 3.05) is 19.7 Å². The van der Waals surface area contributed by atoms with Crippen LogP contribution in [0.15, 0.2) is 24.3 Å². The molecule has 1 N–H and O–H groups in total. The van der Waals surface area contributed by atoms with E-state index >= 15 is 0 Å². The molecule has 2 rings (SSSR count). The molecule has 1 aliphatic rings. The van der Waals surface area contributed by atoms with Crippen molar-refractivity contribution in [1.82, 2.24) is 4.90 Å². The van der Waals surface area contributed by atoms with Gasteiger partial charge in [0.25, 0.3) is 5.91 Å². The highest BCUT2D eigenvalue weighted by atomic mass is 16.2. The summed E-state index contributed by atoms with van der Waals surface area (Å²) in [6, 6.07) is 7.45. The Bertz CT molecular complexity index is 566. The van der Waals surface area contributed by atoms with Gasteiger partial charge >= 0.3 is 0 Å². The van der Waals surface area contributed by atoms with Crippen molar-refractivity contribution in [3.63, 3.8) is 0 Å². The van der Waals surface area contributed by atoms with Gasteiger partial charge in [-0.15, -0.1) is 0 Å². The van der Waals surface area contributed by atoms with Gasteiger partial charge in [0, 0.05) is 30.6 Å². The Morgan fingerprint density at radius 3 is 2.95 bits per heavy atom. The van der Waals surface area contributed by atoms with E-state index in [0.29, 0.717) is 12.0 Å². The van der Waals surface area contributed by atoms with Gasteiger partial charge in [0.2, 0.25) is 0 Å². The van der Waals surface area contributed by atoms with Crippen molar-refractivity contribution in [3.8, 4) is 11.8 Å². The predicted octanol–water partition coefficient (Wildman–Crippen LogP) is 2.68. The molecule has 1 aromatic carbocycles. The van der Waals surface area contributed by atoms with E-state index in [1.807, 2.05) is 29.2 Å². The van der Waals surface area contributed by atoms with Crippen LogP contribution in [0.25, 0.3) is 0 Å². The number of likely N-dealkylation sites (tertiary alicyclic amines) is 1. The lowest BCUT2D eigenvalue weighted by Gasteiger charge is -2.38. The number of carbonyl (C=O) groups is 1. The number of aliphatic hydroxyl groups excluding tert-OH is 1. The van der Waals surface area contributed by atoms with Gasteiger partial charge in [0.1, 0.15) is 0 Å². The molecule has 0 saturated carbocycles. The molecule has 0 unspecified atom stereocenters. The zero-order valence-electron chi connectivity index (χ0n) is 12.9. The average molecular weight is 285 g/mol. The van der Waals surface area contributed by atoms with Crippen molar-refractivity contribution in [2.24, 2.45) is 5.41 Å². The molecule has 21 heavy (non-hydrogen) atoms. The van der Waals surface area contributed by atoms with E-state index in [-0.39, 0.29) is 17.9 Å². The number of aliphatic hydroxyl groups is 1. The molecular formula is C18H23NO2. The number of piperidine rings is 1. The summed E-state index contributed by atoms with van der Waals surface area (Å²) in [7, 11) is 0. The van der Waals surface area contributed by atoms with Crippen LogP contribution in [-0.2, 0) is 0 Å². The second-order valence-electron chi connectivity index (χ2n) is 6.35. The lowest BCUT2D eigenvalue weighted by atomic mass is 9.84. The zero-order chi connectivity index (χ0) is 15.3. The second kappa shape index (κ2) is 6.78. The summed E-state index contributed by atoms with van der Waals surface area (Å²) >= 11 is 0. The molecule has 1 amide bonds. The van der Waals surface area contributed by atoms with Gasteiger partial charge in [-0.25, -0.2) is 0 Å². The van der Waals surface area contributed by atoms with E-state index in [9.17, 15) is 4.79 Å². The van der Waals surface area contributed by atoms with Gasteiger partial charge in [-0.2, -0.15) is 0 Å². The van der Waals surface area contributed by atoms with Gasteiger partial charge in [-0.1, -0.05) is 31.8 Å². The Morgan fingerprint density at radius 2 is 2.24 bits per heavy atom. The summed E-state index contributed by atoms with van der Waals surface area (Å²) < 4.78 is 0. The van der Waals surface area contributed by atoms with Crippen LogP contribution in [0.3, 0.4) is 0 Å². The Morgan fingerprint density at radius 1 is 1.43 bits per heavy atom. The minimum absolute atomic E-state index is 0.0640. The van der Waals surface area contributed by atoms with Crippen LogP contribution in [0.5, 0.6) is 0 Å². The first-order valence-electron chi connectivity index (χ1n) is 7.51. The molecule has 0 radical (unpaired) electrons. The van der Waals surface area contributed by atoms with Crippen molar-refractivity contribution in [2.45, 2.75) is 33.1 Å². The van der Waals surface area contributed by atoms with E-state index in [1.165, 1.54) is 6.42 Å². The van der Waals surface area contributed by atoms with Gasteiger partial charge in [0.15, 0.2) is 0 Å². The van der Waals surface area contributed by atoms with Crippen LogP contribution in [0.2, 0.25) is 0 Å². The number of hydrogen-bond donors (Lipinski definition) is 1. The third kappa shape index (κ3) is 4.34. The minimum Gasteiger partial charge on any atom is -0.395 e. The van der Waals surface area contributed by atoms with Crippen LogP contribution in [0.1, 0.15) is 49.0 Å². The minimum atomic E-state index is 0.0640. The number of nitrogens with zero attached hydrogens (tertiary/aromatic N) is 1. The summed E-state index contributed by atoms with van der Waals surface area (Å²) in [4.78, 5) is 14.6. The third-order valence-electron chi connectivity index (χ3n) is 3.77. The quantitative estimate of drug-likeness (QED) is 0.849. The second-order valence-corrected chi connectivity index (χ2v) is 6.35. The summed E-state index contributed by atoms with van der Waals surface area (Å²) in [5, 5.41) is 8.74. The molecule has 0 bridgehead atoms. The molecule has 1 fully saturated rings. The normalized spacial score (nSPS) is 17.0. The standard InChI is InChI=1S/C18H23NO2/c1-18(2)10-6-11-19(14-18)17(21)16-9-5-8-15(13-16)7-3-4-12-20/h5,8-9,13,20H,4,6,10-12,14H2,1-2H3. The molecular weight excluding hydrogens is 262 g/mol. The van der Waals surface area contributed by atoms with Crippen LogP contribution < -0.4 is 0 Å². The highest BCUT2D eigenvalue weighted by molar-refractivity contribution is 5.94. The molecule has 0 aliphatic carbocycles. The van der Waals surface area contributed by atoms with Gasteiger partial charge in [-0.3, -0.25) is 4.79 Å². The molecule has 1 saturated heterocycles. The first kappa shape index (κ1) is 15.6. The van der Waals surface area contributed by atoms with Crippen molar-refractivity contribution in [3.05, 3.63) is 35.4 Å².